The van der Waals surface area contributed by atoms with Crippen LogP contribution in [0.25, 0.3) is 0 Å². The molecule has 1 N–H and O–H groups in total. The SMILES string of the molecule is Clc1cc(Cl)c2c(c1)CC[C@@H]2[C@H]1CCCN1. The molecular formula is C13H15Cl2N. The summed E-state index contributed by atoms with van der Waals surface area (Å²) >= 11 is 12.4. The lowest BCUT2D eigenvalue weighted by molar-refractivity contribution is 0.486. The van der Waals surface area contributed by atoms with E-state index >= 15 is 0 Å². The fourth-order valence-electron chi connectivity index (χ4n) is 3.17. The van der Waals surface area contributed by atoms with Crippen LogP contribution in [0.3, 0.4) is 0 Å². The molecule has 16 heavy (non-hydrogen) atoms. The summed E-state index contributed by atoms with van der Waals surface area (Å²) in [4.78, 5) is 0. The summed E-state index contributed by atoms with van der Waals surface area (Å²) in [6.45, 7) is 1.15. The fraction of sp³-hybridized carbons (Fsp3) is 0.538. The highest BCUT2D eigenvalue weighted by molar-refractivity contribution is 6.35. The smallest absolute Gasteiger partial charge is 0.0458 e. The molecule has 0 bridgehead atoms. The maximum absolute atomic E-state index is 6.34. The van der Waals surface area contributed by atoms with Gasteiger partial charge in [-0.2, -0.15) is 0 Å². The highest BCUT2D eigenvalue weighted by Gasteiger charge is 2.33. The molecule has 0 amide bonds. The van der Waals surface area contributed by atoms with Gasteiger partial charge < -0.3 is 5.32 Å². The molecule has 0 radical (unpaired) electrons. The minimum Gasteiger partial charge on any atom is -0.313 e. The molecule has 1 aliphatic carbocycles. The Balaban J connectivity index is 1.98. The van der Waals surface area contributed by atoms with Crippen molar-refractivity contribution in [2.24, 2.45) is 0 Å². The molecule has 0 spiro atoms. The summed E-state index contributed by atoms with van der Waals surface area (Å²) in [7, 11) is 0. The third-order valence-electron chi connectivity index (χ3n) is 3.86. The van der Waals surface area contributed by atoms with Gasteiger partial charge in [-0.25, -0.2) is 0 Å². The Morgan fingerprint density at radius 3 is 2.81 bits per heavy atom. The quantitative estimate of drug-likeness (QED) is 0.806. The third kappa shape index (κ3) is 1.75. The van der Waals surface area contributed by atoms with Gasteiger partial charge in [0.2, 0.25) is 0 Å². The maximum Gasteiger partial charge on any atom is 0.0458 e. The summed E-state index contributed by atoms with van der Waals surface area (Å²) < 4.78 is 0. The van der Waals surface area contributed by atoms with Crippen LogP contribution in [0.2, 0.25) is 10.0 Å². The zero-order valence-corrected chi connectivity index (χ0v) is 10.6. The van der Waals surface area contributed by atoms with Gasteiger partial charge in [0.1, 0.15) is 0 Å². The number of rotatable bonds is 1. The zero-order valence-electron chi connectivity index (χ0n) is 9.10. The van der Waals surface area contributed by atoms with E-state index in [2.05, 4.69) is 11.4 Å². The molecule has 86 valence electrons. The maximum atomic E-state index is 6.34. The predicted octanol–water partition coefficient (Wildman–Crippen LogP) is 3.78. The summed E-state index contributed by atoms with van der Waals surface area (Å²) in [6.07, 6.45) is 4.91. The number of fused-ring (bicyclic) bond motifs is 1. The number of hydrogen-bond acceptors (Lipinski definition) is 1. The summed E-state index contributed by atoms with van der Waals surface area (Å²) in [5, 5.41) is 5.22. The number of halogens is 2. The summed E-state index contributed by atoms with van der Waals surface area (Å²) in [6, 6.07) is 4.59. The molecule has 1 saturated heterocycles. The summed E-state index contributed by atoms with van der Waals surface area (Å²) in [5.74, 6) is 0.599. The van der Waals surface area contributed by atoms with Gasteiger partial charge in [-0.3, -0.25) is 0 Å². The topological polar surface area (TPSA) is 12.0 Å². The van der Waals surface area contributed by atoms with Crippen LogP contribution in [0.4, 0.5) is 0 Å². The second-order valence-electron chi connectivity index (χ2n) is 4.81. The lowest BCUT2D eigenvalue weighted by atomic mass is 9.92. The van der Waals surface area contributed by atoms with Crippen molar-refractivity contribution in [1.82, 2.24) is 5.32 Å². The number of benzene rings is 1. The minimum absolute atomic E-state index is 0.599. The Morgan fingerprint density at radius 2 is 2.06 bits per heavy atom. The van der Waals surface area contributed by atoms with E-state index < -0.39 is 0 Å². The van der Waals surface area contributed by atoms with E-state index in [1.807, 2.05) is 6.07 Å². The van der Waals surface area contributed by atoms with E-state index in [4.69, 9.17) is 23.2 Å². The first kappa shape index (κ1) is 10.9. The van der Waals surface area contributed by atoms with Crippen molar-refractivity contribution in [1.29, 1.82) is 0 Å². The Kier molecular flexibility index (Phi) is 2.87. The molecule has 1 fully saturated rings. The Morgan fingerprint density at radius 1 is 1.19 bits per heavy atom. The van der Waals surface area contributed by atoms with Crippen molar-refractivity contribution >= 4 is 23.2 Å². The van der Waals surface area contributed by atoms with Crippen LogP contribution in [0, 0.1) is 0 Å². The van der Waals surface area contributed by atoms with E-state index in [1.165, 1.54) is 30.4 Å². The standard InChI is InChI=1S/C13H15Cl2N/c14-9-6-8-3-4-10(12-2-1-5-16-12)13(8)11(15)7-9/h6-7,10,12,16H,1-5H2/t10-,12-/m1/s1. The van der Waals surface area contributed by atoms with Crippen LogP contribution in [0.5, 0.6) is 0 Å². The second-order valence-corrected chi connectivity index (χ2v) is 5.65. The first-order valence-electron chi connectivity index (χ1n) is 5.97. The van der Waals surface area contributed by atoms with Gasteiger partial charge in [-0.05, 0) is 55.5 Å². The monoisotopic (exact) mass is 255 g/mol. The highest BCUT2D eigenvalue weighted by atomic mass is 35.5. The van der Waals surface area contributed by atoms with E-state index in [9.17, 15) is 0 Å². The van der Waals surface area contributed by atoms with Crippen LogP contribution in [0.15, 0.2) is 12.1 Å². The minimum atomic E-state index is 0.599. The van der Waals surface area contributed by atoms with Gasteiger partial charge in [0, 0.05) is 22.0 Å². The van der Waals surface area contributed by atoms with E-state index in [-0.39, 0.29) is 0 Å². The van der Waals surface area contributed by atoms with E-state index in [0.29, 0.717) is 12.0 Å². The first-order valence-corrected chi connectivity index (χ1v) is 6.72. The van der Waals surface area contributed by atoms with E-state index in [0.717, 1.165) is 23.0 Å². The van der Waals surface area contributed by atoms with Crippen LogP contribution < -0.4 is 5.32 Å². The van der Waals surface area contributed by atoms with Crippen LogP contribution >= 0.6 is 23.2 Å². The van der Waals surface area contributed by atoms with Crippen LogP contribution in [0.1, 0.15) is 36.3 Å². The summed E-state index contributed by atoms with van der Waals surface area (Å²) in [5.41, 5.74) is 2.71. The van der Waals surface area contributed by atoms with Gasteiger partial charge in [-0.15, -0.1) is 0 Å². The molecule has 1 aromatic carbocycles. The molecule has 3 heteroatoms. The fourth-order valence-corrected chi connectivity index (χ4v) is 3.85. The average molecular weight is 256 g/mol. The molecule has 1 nitrogen and oxygen atoms in total. The van der Waals surface area contributed by atoms with E-state index in [1.54, 1.807) is 0 Å². The lowest BCUT2D eigenvalue weighted by Crippen LogP contribution is -2.27. The molecule has 1 heterocycles. The van der Waals surface area contributed by atoms with Crippen molar-refractivity contribution in [2.45, 2.75) is 37.6 Å². The molecule has 3 rings (SSSR count). The Hall–Kier alpha value is -0.240. The Bertz CT molecular complexity index is 411. The third-order valence-corrected chi connectivity index (χ3v) is 4.39. The zero-order chi connectivity index (χ0) is 11.1. The van der Waals surface area contributed by atoms with Crippen LogP contribution in [-0.2, 0) is 6.42 Å². The van der Waals surface area contributed by atoms with Gasteiger partial charge >= 0.3 is 0 Å². The Labute approximate surface area is 106 Å². The molecule has 2 atom stereocenters. The normalized spacial score (nSPS) is 28.4. The molecule has 1 aliphatic heterocycles. The van der Waals surface area contributed by atoms with Crippen LogP contribution in [-0.4, -0.2) is 12.6 Å². The first-order chi connectivity index (χ1) is 7.75. The molecule has 0 unspecified atom stereocenters. The molecule has 0 saturated carbocycles. The van der Waals surface area contributed by atoms with Crippen molar-refractivity contribution in [3.05, 3.63) is 33.3 Å². The second kappa shape index (κ2) is 4.21. The number of nitrogens with one attached hydrogen (secondary N) is 1. The lowest BCUT2D eigenvalue weighted by Gasteiger charge is -2.20. The van der Waals surface area contributed by atoms with Gasteiger partial charge in [0.15, 0.2) is 0 Å². The largest absolute Gasteiger partial charge is 0.313 e. The molecular weight excluding hydrogens is 241 g/mol. The number of aryl methyl sites for hydroxylation is 1. The van der Waals surface area contributed by atoms with Crippen molar-refractivity contribution in [2.75, 3.05) is 6.54 Å². The average Bonchev–Trinajstić information content (AvgIpc) is 2.82. The van der Waals surface area contributed by atoms with Gasteiger partial charge in [0.25, 0.3) is 0 Å². The van der Waals surface area contributed by atoms with Crippen molar-refractivity contribution < 1.29 is 0 Å². The number of hydrogen-bond donors (Lipinski definition) is 1. The van der Waals surface area contributed by atoms with Gasteiger partial charge in [0.05, 0.1) is 0 Å². The molecule has 1 aromatic rings. The van der Waals surface area contributed by atoms with Gasteiger partial charge in [-0.1, -0.05) is 23.2 Å². The molecule has 2 aliphatic rings. The predicted molar refractivity (Wildman–Crippen MR) is 68.5 cm³/mol. The van der Waals surface area contributed by atoms with Crippen molar-refractivity contribution in [3.8, 4) is 0 Å². The highest BCUT2D eigenvalue weighted by Crippen LogP contribution is 2.43. The molecule has 0 aromatic heterocycles. The van der Waals surface area contributed by atoms with Crippen molar-refractivity contribution in [3.63, 3.8) is 0 Å².